The van der Waals surface area contributed by atoms with E-state index in [0.29, 0.717) is 6.04 Å². The number of rotatable bonds is 3. The number of piperidine rings is 1. The predicted octanol–water partition coefficient (Wildman–Crippen LogP) is 4.03. The number of hydrogen-bond donors (Lipinski definition) is 0. The summed E-state index contributed by atoms with van der Waals surface area (Å²) in [6, 6.07) is 1.46. The molecule has 0 aromatic carbocycles. The van der Waals surface area contributed by atoms with Crippen LogP contribution < -0.4 is 0 Å². The first-order valence-electron chi connectivity index (χ1n) is 7.10. The van der Waals surface area contributed by atoms with Gasteiger partial charge in [-0.15, -0.1) is 0 Å². The van der Waals surface area contributed by atoms with Crippen LogP contribution in [0.25, 0.3) is 0 Å². The Hall–Kier alpha value is -0.0400. The molecule has 1 aliphatic heterocycles. The maximum Gasteiger partial charge on any atom is 0.00725 e. The fraction of sp³-hybridized carbons (Fsp3) is 1.00. The fourth-order valence-electron chi connectivity index (χ4n) is 3.45. The van der Waals surface area contributed by atoms with Crippen LogP contribution in [0.15, 0.2) is 0 Å². The van der Waals surface area contributed by atoms with Crippen molar-refractivity contribution >= 4 is 0 Å². The van der Waals surface area contributed by atoms with Crippen molar-refractivity contribution in [2.24, 2.45) is 23.7 Å². The van der Waals surface area contributed by atoms with Crippen LogP contribution in [-0.4, -0.2) is 23.5 Å². The highest BCUT2D eigenvalue weighted by atomic mass is 15.2. The Morgan fingerprint density at radius 3 is 1.75 bits per heavy atom. The first kappa shape index (κ1) is 14.0. The monoisotopic (exact) mass is 225 g/mol. The van der Waals surface area contributed by atoms with Crippen LogP contribution in [0.5, 0.6) is 0 Å². The summed E-state index contributed by atoms with van der Waals surface area (Å²) < 4.78 is 0. The van der Waals surface area contributed by atoms with Crippen LogP contribution in [0.1, 0.15) is 54.9 Å². The van der Waals surface area contributed by atoms with Gasteiger partial charge in [0, 0.05) is 18.6 Å². The SMILES string of the molecule is CC(C)C1C[C@@H](C)N(C(C)C)CC1C(C)C. The minimum atomic E-state index is 0.698. The van der Waals surface area contributed by atoms with Crippen LogP contribution in [-0.2, 0) is 0 Å². The molecule has 0 radical (unpaired) electrons. The van der Waals surface area contributed by atoms with Crippen LogP contribution in [0.2, 0.25) is 0 Å². The Morgan fingerprint density at radius 2 is 1.38 bits per heavy atom. The number of hydrogen-bond acceptors (Lipinski definition) is 1. The van der Waals surface area contributed by atoms with Crippen molar-refractivity contribution in [1.29, 1.82) is 0 Å². The molecule has 0 aliphatic carbocycles. The van der Waals surface area contributed by atoms with E-state index in [1.165, 1.54) is 13.0 Å². The van der Waals surface area contributed by atoms with Gasteiger partial charge in [-0.1, -0.05) is 27.7 Å². The highest BCUT2D eigenvalue weighted by molar-refractivity contribution is 4.89. The van der Waals surface area contributed by atoms with E-state index >= 15 is 0 Å². The Kier molecular flexibility index (Phi) is 4.85. The maximum atomic E-state index is 2.70. The molecule has 0 saturated carbocycles. The molecule has 0 amide bonds. The second-order valence-electron chi connectivity index (χ2n) is 6.69. The summed E-state index contributed by atoms with van der Waals surface area (Å²) in [6.45, 7) is 18.0. The molecule has 0 N–H and O–H groups in total. The summed E-state index contributed by atoms with van der Waals surface area (Å²) in [5.41, 5.74) is 0. The Bertz CT molecular complexity index is 207. The van der Waals surface area contributed by atoms with Gasteiger partial charge in [-0.3, -0.25) is 4.90 Å². The molecule has 0 spiro atoms. The third kappa shape index (κ3) is 3.00. The van der Waals surface area contributed by atoms with Gasteiger partial charge in [0.05, 0.1) is 0 Å². The third-order valence-corrected chi connectivity index (χ3v) is 4.53. The van der Waals surface area contributed by atoms with Crippen molar-refractivity contribution in [1.82, 2.24) is 4.90 Å². The van der Waals surface area contributed by atoms with Crippen molar-refractivity contribution in [3.8, 4) is 0 Å². The minimum Gasteiger partial charge on any atom is -0.298 e. The van der Waals surface area contributed by atoms with Gasteiger partial charge < -0.3 is 0 Å². The zero-order valence-corrected chi connectivity index (χ0v) is 12.3. The van der Waals surface area contributed by atoms with E-state index in [2.05, 4.69) is 53.4 Å². The van der Waals surface area contributed by atoms with Gasteiger partial charge in [-0.2, -0.15) is 0 Å². The minimum absolute atomic E-state index is 0.698. The normalized spacial score (nSPS) is 33.0. The number of likely N-dealkylation sites (tertiary alicyclic amines) is 1. The molecule has 1 nitrogen and oxygen atoms in total. The lowest BCUT2D eigenvalue weighted by Crippen LogP contribution is -2.51. The Balaban J connectivity index is 2.78. The smallest absolute Gasteiger partial charge is 0.00725 e. The van der Waals surface area contributed by atoms with Gasteiger partial charge >= 0.3 is 0 Å². The molecule has 1 aliphatic rings. The first-order chi connectivity index (χ1) is 7.34. The van der Waals surface area contributed by atoms with Crippen molar-refractivity contribution < 1.29 is 0 Å². The zero-order chi connectivity index (χ0) is 12.5. The summed E-state index contributed by atoms with van der Waals surface area (Å²) in [4.78, 5) is 2.70. The van der Waals surface area contributed by atoms with Gasteiger partial charge in [0.2, 0.25) is 0 Å². The highest BCUT2D eigenvalue weighted by Crippen LogP contribution is 2.37. The molecule has 3 atom stereocenters. The number of nitrogens with zero attached hydrogens (tertiary/aromatic N) is 1. The molecule has 1 saturated heterocycles. The van der Waals surface area contributed by atoms with Crippen LogP contribution in [0.3, 0.4) is 0 Å². The quantitative estimate of drug-likeness (QED) is 0.701. The average molecular weight is 225 g/mol. The molecule has 2 unspecified atom stereocenters. The molecule has 1 rings (SSSR count). The van der Waals surface area contributed by atoms with Crippen molar-refractivity contribution in [3.63, 3.8) is 0 Å². The molecule has 0 aromatic rings. The van der Waals surface area contributed by atoms with Crippen molar-refractivity contribution in [2.45, 2.75) is 67.0 Å². The molecular weight excluding hydrogens is 194 g/mol. The Morgan fingerprint density at radius 1 is 0.875 bits per heavy atom. The molecule has 1 heteroatoms. The van der Waals surface area contributed by atoms with E-state index in [4.69, 9.17) is 0 Å². The van der Waals surface area contributed by atoms with E-state index in [1.54, 1.807) is 0 Å². The lowest BCUT2D eigenvalue weighted by molar-refractivity contribution is 0.00901. The largest absolute Gasteiger partial charge is 0.298 e. The molecule has 16 heavy (non-hydrogen) atoms. The second-order valence-corrected chi connectivity index (χ2v) is 6.69. The van der Waals surface area contributed by atoms with E-state index < -0.39 is 0 Å². The highest BCUT2D eigenvalue weighted by Gasteiger charge is 2.37. The molecule has 0 bridgehead atoms. The van der Waals surface area contributed by atoms with Crippen LogP contribution in [0.4, 0.5) is 0 Å². The van der Waals surface area contributed by atoms with Crippen LogP contribution >= 0.6 is 0 Å². The van der Waals surface area contributed by atoms with E-state index in [0.717, 1.165) is 29.7 Å². The molecule has 1 fully saturated rings. The topological polar surface area (TPSA) is 3.24 Å². The molecular formula is C15H31N. The van der Waals surface area contributed by atoms with Gasteiger partial charge in [0.15, 0.2) is 0 Å². The summed E-state index contributed by atoms with van der Waals surface area (Å²) in [6.07, 6.45) is 1.39. The predicted molar refractivity (Wildman–Crippen MR) is 72.6 cm³/mol. The maximum absolute atomic E-state index is 2.70. The van der Waals surface area contributed by atoms with Gasteiger partial charge in [0.1, 0.15) is 0 Å². The molecule has 0 aromatic heterocycles. The molecule has 96 valence electrons. The van der Waals surface area contributed by atoms with E-state index in [9.17, 15) is 0 Å². The Labute approximate surface area is 103 Å². The van der Waals surface area contributed by atoms with Gasteiger partial charge in [0.25, 0.3) is 0 Å². The summed E-state index contributed by atoms with van der Waals surface area (Å²) in [5, 5.41) is 0. The summed E-state index contributed by atoms with van der Waals surface area (Å²) >= 11 is 0. The molecule has 1 heterocycles. The van der Waals surface area contributed by atoms with Gasteiger partial charge in [-0.25, -0.2) is 0 Å². The fourth-order valence-corrected chi connectivity index (χ4v) is 3.45. The van der Waals surface area contributed by atoms with Crippen molar-refractivity contribution in [3.05, 3.63) is 0 Å². The van der Waals surface area contributed by atoms with Gasteiger partial charge in [-0.05, 0) is 50.9 Å². The van der Waals surface area contributed by atoms with Crippen LogP contribution in [0, 0.1) is 23.7 Å². The average Bonchev–Trinajstić information content (AvgIpc) is 2.15. The summed E-state index contributed by atoms with van der Waals surface area (Å²) in [5.74, 6) is 3.47. The first-order valence-corrected chi connectivity index (χ1v) is 7.10. The third-order valence-electron chi connectivity index (χ3n) is 4.53. The lowest BCUT2D eigenvalue weighted by atomic mass is 9.71. The van der Waals surface area contributed by atoms with E-state index in [1.807, 2.05) is 0 Å². The second kappa shape index (κ2) is 5.53. The van der Waals surface area contributed by atoms with Crippen molar-refractivity contribution in [2.75, 3.05) is 6.54 Å². The van der Waals surface area contributed by atoms with E-state index in [-0.39, 0.29) is 0 Å². The summed E-state index contributed by atoms with van der Waals surface area (Å²) in [7, 11) is 0. The lowest BCUT2D eigenvalue weighted by Gasteiger charge is -2.48. The zero-order valence-electron chi connectivity index (χ0n) is 12.3. The standard InChI is InChI=1S/C15H31N/c1-10(2)14-8-13(7)16(12(5)6)9-15(14)11(3)4/h10-15H,8-9H2,1-7H3/t13-,14?,15?/m1/s1.